The normalized spacial score (nSPS) is 10.6. The van der Waals surface area contributed by atoms with Gasteiger partial charge in [0.2, 0.25) is 11.8 Å². The first-order valence-corrected chi connectivity index (χ1v) is 12.4. The number of likely N-dealkylation sites (N-methyl/N-ethyl adjacent to an activating group) is 1. The summed E-state index contributed by atoms with van der Waals surface area (Å²) in [6, 6.07) is 6.98. The van der Waals surface area contributed by atoms with Crippen molar-refractivity contribution in [3.05, 3.63) is 56.4 Å². The molecule has 0 aliphatic carbocycles. The molecule has 2 heterocycles. The van der Waals surface area contributed by atoms with E-state index < -0.39 is 0 Å². The van der Waals surface area contributed by atoms with Crippen molar-refractivity contribution in [1.29, 1.82) is 0 Å². The van der Waals surface area contributed by atoms with Crippen LogP contribution in [-0.4, -0.2) is 46.8 Å². The van der Waals surface area contributed by atoms with Gasteiger partial charge >= 0.3 is 0 Å². The largest absolute Gasteiger partial charge is 0.485 e. The number of carbonyl (C=O) groups excluding carboxylic acids is 2. The van der Waals surface area contributed by atoms with Gasteiger partial charge in [-0.1, -0.05) is 23.2 Å². The number of hydrogen-bond acceptors (Lipinski definition) is 5. The second-order valence-electron chi connectivity index (χ2n) is 6.86. The van der Waals surface area contributed by atoms with Gasteiger partial charge in [-0.2, -0.15) is 11.8 Å². The number of imidazole rings is 1. The van der Waals surface area contributed by atoms with Crippen molar-refractivity contribution in [2.75, 3.05) is 30.5 Å². The molecule has 0 bridgehead atoms. The van der Waals surface area contributed by atoms with Crippen molar-refractivity contribution in [1.82, 2.24) is 14.7 Å². The Morgan fingerprint density at radius 1 is 1.30 bits per heavy atom. The number of halogens is 4. The van der Waals surface area contributed by atoms with E-state index in [2.05, 4.69) is 26.2 Å². The van der Waals surface area contributed by atoms with E-state index in [1.54, 1.807) is 19.2 Å². The average molecular weight is 597 g/mol. The zero-order chi connectivity index (χ0) is 23.4. The number of nitrogens with zero attached hydrogens (tertiary/aromatic N) is 3. The van der Waals surface area contributed by atoms with E-state index in [1.165, 1.54) is 16.7 Å². The summed E-state index contributed by atoms with van der Waals surface area (Å²) >= 11 is 17.9. The second kappa shape index (κ2) is 12.2. The standard InChI is InChI=1S/C21H21BrCl2N4O3S.ClH/c1-12-20(22)28-8-4-5-16(21(28)26-12)31-10-13-14(23)6-7-15(19(13)24)27(2)18(30)9-25-17(29)11-32-3;/h4-8H,9-11H2,1-3H3,(H,25,29);1H. The van der Waals surface area contributed by atoms with E-state index in [0.29, 0.717) is 38.4 Å². The third kappa shape index (κ3) is 6.27. The van der Waals surface area contributed by atoms with Crippen LogP contribution in [0.25, 0.3) is 5.65 Å². The fourth-order valence-electron chi connectivity index (χ4n) is 2.98. The van der Waals surface area contributed by atoms with E-state index in [9.17, 15) is 9.59 Å². The topological polar surface area (TPSA) is 75.9 Å². The fourth-order valence-corrected chi connectivity index (χ4v) is 4.32. The van der Waals surface area contributed by atoms with E-state index >= 15 is 0 Å². The Balaban J connectivity index is 0.00000385. The van der Waals surface area contributed by atoms with Crippen molar-refractivity contribution in [3.8, 4) is 5.75 Å². The molecular weight excluding hydrogens is 575 g/mol. The molecule has 7 nitrogen and oxygen atoms in total. The lowest BCUT2D eigenvalue weighted by Gasteiger charge is -2.21. The van der Waals surface area contributed by atoms with Crippen LogP contribution in [0.1, 0.15) is 11.3 Å². The fraction of sp³-hybridized carbons (Fsp3) is 0.286. The summed E-state index contributed by atoms with van der Waals surface area (Å²) in [5.74, 6) is 0.350. The summed E-state index contributed by atoms with van der Waals surface area (Å²) in [7, 11) is 1.59. The first kappa shape index (κ1) is 27.6. The van der Waals surface area contributed by atoms with Gasteiger partial charge in [0, 0.05) is 23.8 Å². The summed E-state index contributed by atoms with van der Waals surface area (Å²) < 4.78 is 8.73. The molecule has 0 aliphatic heterocycles. The highest BCUT2D eigenvalue weighted by Crippen LogP contribution is 2.35. The van der Waals surface area contributed by atoms with Crippen molar-refractivity contribution < 1.29 is 14.3 Å². The van der Waals surface area contributed by atoms with Gasteiger partial charge in [-0.05, 0) is 53.4 Å². The smallest absolute Gasteiger partial charge is 0.246 e. The third-order valence-corrected chi connectivity index (χ3v) is 6.98. The number of nitrogens with one attached hydrogen (secondary N) is 1. The Hall–Kier alpha value is -1.65. The molecule has 0 fully saturated rings. The molecule has 0 saturated heterocycles. The summed E-state index contributed by atoms with van der Waals surface area (Å²) in [5.41, 5.74) is 2.51. The van der Waals surface area contributed by atoms with Crippen LogP contribution in [0.5, 0.6) is 5.75 Å². The van der Waals surface area contributed by atoms with Crippen LogP contribution < -0.4 is 15.0 Å². The molecule has 0 saturated carbocycles. The van der Waals surface area contributed by atoms with Gasteiger partial charge < -0.3 is 15.0 Å². The van der Waals surface area contributed by atoms with E-state index in [1.807, 2.05) is 35.9 Å². The minimum absolute atomic E-state index is 0. The van der Waals surface area contributed by atoms with Crippen LogP contribution >= 0.6 is 63.3 Å². The lowest BCUT2D eigenvalue weighted by Crippen LogP contribution is -2.39. The molecule has 1 aromatic carbocycles. The quantitative estimate of drug-likeness (QED) is 0.389. The van der Waals surface area contributed by atoms with Gasteiger partial charge in [-0.15, -0.1) is 12.4 Å². The van der Waals surface area contributed by atoms with E-state index in [0.717, 1.165) is 10.3 Å². The molecule has 0 spiro atoms. The maximum Gasteiger partial charge on any atom is 0.246 e. The molecule has 0 atom stereocenters. The van der Waals surface area contributed by atoms with Crippen LogP contribution in [0, 0.1) is 6.92 Å². The SMILES string of the molecule is CSCC(=O)NCC(=O)N(C)c1ccc(Cl)c(COc2cccn3c(Br)c(C)nc23)c1Cl.Cl. The zero-order valence-corrected chi connectivity index (χ0v) is 22.8. The Morgan fingerprint density at radius 2 is 2.03 bits per heavy atom. The lowest BCUT2D eigenvalue weighted by atomic mass is 10.2. The average Bonchev–Trinajstić information content (AvgIpc) is 3.06. The molecule has 12 heteroatoms. The number of ether oxygens (including phenoxy) is 1. The highest BCUT2D eigenvalue weighted by molar-refractivity contribution is 9.10. The zero-order valence-electron chi connectivity index (χ0n) is 18.0. The molecule has 0 radical (unpaired) electrons. The molecule has 3 aromatic rings. The number of fused-ring (bicyclic) bond motifs is 1. The number of carbonyl (C=O) groups is 2. The van der Waals surface area contributed by atoms with Crippen LogP contribution in [0.3, 0.4) is 0 Å². The molecule has 2 aromatic heterocycles. The first-order chi connectivity index (χ1) is 15.2. The van der Waals surface area contributed by atoms with Crippen molar-refractivity contribution in [2.24, 2.45) is 0 Å². The Labute approximate surface area is 220 Å². The number of amides is 2. The summed E-state index contributed by atoms with van der Waals surface area (Å²) in [4.78, 5) is 30.1. The summed E-state index contributed by atoms with van der Waals surface area (Å²) in [5, 5.41) is 3.31. The van der Waals surface area contributed by atoms with Crippen LogP contribution in [0.4, 0.5) is 5.69 Å². The Bertz CT molecular complexity index is 1180. The van der Waals surface area contributed by atoms with E-state index in [4.69, 9.17) is 27.9 Å². The van der Waals surface area contributed by atoms with Crippen molar-refractivity contribution >= 4 is 86.4 Å². The monoisotopic (exact) mass is 594 g/mol. The molecule has 2 amide bonds. The van der Waals surface area contributed by atoms with Gasteiger partial charge in [-0.25, -0.2) is 4.98 Å². The molecule has 33 heavy (non-hydrogen) atoms. The van der Waals surface area contributed by atoms with E-state index in [-0.39, 0.29) is 37.4 Å². The highest BCUT2D eigenvalue weighted by Gasteiger charge is 2.20. The molecular formula is C21H22BrCl3N4O3S. The first-order valence-electron chi connectivity index (χ1n) is 9.49. The number of aromatic nitrogens is 2. The minimum Gasteiger partial charge on any atom is -0.485 e. The highest BCUT2D eigenvalue weighted by atomic mass is 79.9. The number of hydrogen-bond donors (Lipinski definition) is 1. The number of benzene rings is 1. The molecule has 178 valence electrons. The predicted octanol–water partition coefficient (Wildman–Crippen LogP) is 5.15. The molecule has 3 rings (SSSR count). The van der Waals surface area contributed by atoms with Crippen molar-refractivity contribution in [2.45, 2.75) is 13.5 Å². The predicted molar refractivity (Wildman–Crippen MR) is 140 cm³/mol. The Kier molecular flexibility index (Phi) is 10.2. The molecule has 0 aliphatic rings. The summed E-state index contributed by atoms with van der Waals surface area (Å²) in [6.07, 6.45) is 3.70. The third-order valence-electron chi connectivity index (χ3n) is 4.70. The second-order valence-corrected chi connectivity index (χ2v) is 9.27. The number of pyridine rings is 1. The summed E-state index contributed by atoms with van der Waals surface area (Å²) in [6.45, 7) is 1.85. The molecule has 1 N–H and O–H groups in total. The lowest BCUT2D eigenvalue weighted by molar-refractivity contribution is -0.123. The van der Waals surface area contributed by atoms with Gasteiger partial charge in [0.25, 0.3) is 0 Å². The molecule has 0 unspecified atom stereocenters. The number of anilines is 1. The van der Waals surface area contributed by atoms with Crippen molar-refractivity contribution in [3.63, 3.8) is 0 Å². The maximum absolute atomic E-state index is 12.5. The minimum atomic E-state index is -0.307. The van der Waals surface area contributed by atoms with Gasteiger partial charge in [0.15, 0.2) is 11.4 Å². The van der Waals surface area contributed by atoms with Gasteiger partial charge in [0.1, 0.15) is 11.2 Å². The Morgan fingerprint density at radius 3 is 2.73 bits per heavy atom. The van der Waals surface area contributed by atoms with Crippen LogP contribution in [0.2, 0.25) is 10.0 Å². The van der Waals surface area contributed by atoms with Gasteiger partial charge in [-0.3, -0.25) is 14.0 Å². The van der Waals surface area contributed by atoms with Crippen LogP contribution in [0.15, 0.2) is 35.1 Å². The van der Waals surface area contributed by atoms with Crippen LogP contribution in [-0.2, 0) is 16.2 Å². The van der Waals surface area contributed by atoms with Gasteiger partial charge in [0.05, 0.1) is 28.7 Å². The number of rotatable bonds is 8. The number of aryl methyl sites for hydroxylation is 1. The maximum atomic E-state index is 12.5. The number of thioether (sulfide) groups is 1.